The fraction of sp³-hybridized carbons (Fsp3) is 0.267. The SMILES string of the molecule is CN1CCCN(CC(=O)N(C)c2ccc(N/C(=C3\C(=O)Nc4cc(F)ccc43)c3ccccc3)cc2)CC1. The fourth-order valence-electron chi connectivity index (χ4n) is 4.89. The smallest absolute Gasteiger partial charge is 0.258 e. The maximum Gasteiger partial charge on any atom is 0.258 e. The summed E-state index contributed by atoms with van der Waals surface area (Å²) in [5, 5.41) is 6.18. The molecule has 0 radical (unpaired) electrons. The molecule has 3 aromatic rings. The van der Waals surface area contributed by atoms with Gasteiger partial charge < -0.3 is 20.4 Å². The van der Waals surface area contributed by atoms with E-state index >= 15 is 0 Å². The molecule has 0 aromatic heterocycles. The molecule has 3 aromatic carbocycles. The molecule has 2 heterocycles. The van der Waals surface area contributed by atoms with E-state index in [1.165, 1.54) is 12.1 Å². The third-order valence-corrected chi connectivity index (χ3v) is 7.11. The van der Waals surface area contributed by atoms with Crippen LogP contribution in [0.2, 0.25) is 0 Å². The van der Waals surface area contributed by atoms with Gasteiger partial charge in [-0.2, -0.15) is 0 Å². The lowest BCUT2D eigenvalue weighted by Gasteiger charge is -2.24. The number of carbonyl (C=O) groups is 2. The number of rotatable bonds is 6. The van der Waals surface area contributed by atoms with Crippen molar-refractivity contribution in [1.82, 2.24) is 9.80 Å². The molecule has 7 nitrogen and oxygen atoms in total. The fourth-order valence-corrected chi connectivity index (χ4v) is 4.89. The molecule has 0 bridgehead atoms. The Kier molecular flexibility index (Phi) is 7.53. The molecular formula is C30H32FN5O2. The van der Waals surface area contributed by atoms with Crippen LogP contribution in [0.5, 0.6) is 0 Å². The molecule has 8 heteroatoms. The average Bonchev–Trinajstić information content (AvgIpc) is 3.10. The Labute approximate surface area is 222 Å². The highest BCUT2D eigenvalue weighted by molar-refractivity contribution is 6.37. The van der Waals surface area contributed by atoms with Gasteiger partial charge in [-0.15, -0.1) is 0 Å². The Hall–Kier alpha value is -4.01. The molecule has 1 saturated heterocycles. The highest BCUT2D eigenvalue weighted by Gasteiger charge is 2.29. The summed E-state index contributed by atoms with van der Waals surface area (Å²) in [6.45, 7) is 4.23. The number of likely N-dealkylation sites (N-methyl/N-ethyl adjacent to an activating group) is 2. The molecule has 2 amide bonds. The van der Waals surface area contributed by atoms with Crippen molar-refractivity contribution >= 4 is 40.1 Å². The number of carbonyl (C=O) groups excluding carboxylic acids is 2. The summed E-state index contributed by atoms with van der Waals surface area (Å²) in [6.07, 6.45) is 1.06. The Bertz CT molecular complexity index is 1360. The third-order valence-electron chi connectivity index (χ3n) is 7.11. The Balaban J connectivity index is 1.37. The van der Waals surface area contributed by atoms with Crippen molar-refractivity contribution in [3.8, 4) is 0 Å². The van der Waals surface area contributed by atoms with E-state index in [9.17, 15) is 14.0 Å². The molecule has 1 fully saturated rings. The van der Waals surface area contributed by atoms with Gasteiger partial charge in [0, 0.05) is 37.1 Å². The van der Waals surface area contributed by atoms with Crippen molar-refractivity contribution < 1.29 is 14.0 Å². The number of nitrogens with zero attached hydrogens (tertiary/aromatic N) is 3. The first-order chi connectivity index (χ1) is 18.4. The van der Waals surface area contributed by atoms with E-state index in [0.717, 1.165) is 49.5 Å². The zero-order valence-electron chi connectivity index (χ0n) is 21.7. The van der Waals surface area contributed by atoms with Gasteiger partial charge in [0.2, 0.25) is 5.91 Å². The van der Waals surface area contributed by atoms with Crippen LogP contribution < -0.4 is 15.5 Å². The van der Waals surface area contributed by atoms with Gasteiger partial charge in [0.05, 0.1) is 23.5 Å². The maximum absolute atomic E-state index is 13.8. The summed E-state index contributed by atoms with van der Waals surface area (Å²) < 4.78 is 13.8. The highest BCUT2D eigenvalue weighted by Crippen LogP contribution is 2.38. The molecule has 0 saturated carbocycles. The van der Waals surface area contributed by atoms with Crippen molar-refractivity contribution in [3.63, 3.8) is 0 Å². The van der Waals surface area contributed by atoms with E-state index in [1.54, 1.807) is 18.0 Å². The second kappa shape index (κ2) is 11.2. The summed E-state index contributed by atoms with van der Waals surface area (Å²) in [5.41, 5.74) is 4.55. The third kappa shape index (κ3) is 5.61. The van der Waals surface area contributed by atoms with Crippen LogP contribution in [0, 0.1) is 5.82 Å². The van der Waals surface area contributed by atoms with Crippen LogP contribution >= 0.6 is 0 Å². The van der Waals surface area contributed by atoms with E-state index in [1.807, 2.05) is 54.6 Å². The zero-order valence-corrected chi connectivity index (χ0v) is 21.7. The van der Waals surface area contributed by atoms with E-state index in [-0.39, 0.29) is 11.8 Å². The first kappa shape index (κ1) is 25.6. The molecular weight excluding hydrogens is 481 g/mol. The van der Waals surface area contributed by atoms with Crippen molar-refractivity contribution in [2.75, 3.05) is 62.4 Å². The standard InChI is InChI=1S/C30H32FN5O2/c1-34-15-6-16-36(18-17-34)20-27(37)35(2)24-12-10-23(11-13-24)32-29(21-7-4-3-5-8-21)28-25-14-9-22(31)19-26(25)33-30(28)38/h3-5,7-14,19,32H,6,15-18,20H2,1-2H3,(H,33,38)/b29-28-. The molecule has 2 N–H and O–H groups in total. The lowest BCUT2D eigenvalue weighted by atomic mass is 10.00. The summed E-state index contributed by atoms with van der Waals surface area (Å²) in [6, 6.07) is 21.4. The van der Waals surface area contributed by atoms with Crippen LogP contribution in [-0.2, 0) is 9.59 Å². The second-order valence-electron chi connectivity index (χ2n) is 9.82. The summed E-state index contributed by atoms with van der Waals surface area (Å²) in [5.74, 6) is -0.649. The molecule has 0 aliphatic carbocycles. The van der Waals surface area contributed by atoms with Crippen LogP contribution in [-0.4, -0.2) is 68.4 Å². The molecule has 2 aliphatic rings. The van der Waals surface area contributed by atoms with Crippen LogP contribution in [0.15, 0.2) is 72.8 Å². The Morgan fingerprint density at radius 3 is 2.53 bits per heavy atom. The molecule has 0 atom stereocenters. The topological polar surface area (TPSA) is 67.9 Å². The van der Waals surface area contributed by atoms with Crippen LogP contribution in [0.25, 0.3) is 11.3 Å². The molecule has 0 spiro atoms. The van der Waals surface area contributed by atoms with Gasteiger partial charge in [-0.3, -0.25) is 14.5 Å². The van der Waals surface area contributed by atoms with Gasteiger partial charge in [0.1, 0.15) is 5.82 Å². The summed E-state index contributed by atoms with van der Waals surface area (Å²) in [4.78, 5) is 32.2. The number of fused-ring (bicyclic) bond motifs is 1. The first-order valence-corrected chi connectivity index (χ1v) is 12.8. The second-order valence-corrected chi connectivity index (χ2v) is 9.82. The van der Waals surface area contributed by atoms with Gasteiger partial charge in [0.15, 0.2) is 0 Å². The first-order valence-electron chi connectivity index (χ1n) is 12.8. The van der Waals surface area contributed by atoms with E-state index in [0.29, 0.717) is 29.1 Å². The number of halogens is 1. The lowest BCUT2D eigenvalue weighted by Crippen LogP contribution is -2.40. The van der Waals surface area contributed by atoms with Gasteiger partial charge in [-0.05, 0) is 74.6 Å². The number of anilines is 3. The minimum absolute atomic E-state index is 0.0498. The normalized spacial score (nSPS) is 17.4. The zero-order chi connectivity index (χ0) is 26.6. The van der Waals surface area contributed by atoms with Gasteiger partial charge in [-0.1, -0.05) is 30.3 Å². The maximum atomic E-state index is 13.8. The molecule has 38 heavy (non-hydrogen) atoms. The van der Waals surface area contributed by atoms with Gasteiger partial charge in [-0.25, -0.2) is 4.39 Å². The predicted octanol–water partition coefficient (Wildman–Crippen LogP) is 4.36. The monoisotopic (exact) mass is 513 g/mol. The minimum atomic E-state index is -0.406. The van der Waals surface area contributed by atoms with Crippen LogP contribution in [0.3, 0.4) is 0 Å². The average molecular weight is 514 g/mol. The van der Waals surface area contributed by atoms with Crippen LogP contribution in [0.4, 0.5) is 21.5 Å². The summed E-state index contributed by atoms with van der Waals surface area (Å²) >= 11 is 0. The molecule has 0 unspecified atom stereocenters. The Morgan fingerprint density at radius 2 is 1.76 bits per heavy atom. The van der Waals surface area contributed by atoms with E-state index in [4.69, 9.17) is 0 Å². The van der Waals surface area contributed by atoms with E-state index < -0.39 is 5.82 Å². The quantitative estimate of drug-likeness (QED) is 0.480. The number of benzene rings is 3. The number of amides is 2. The predicted molar refractivity (Wildman–Crippen MR) is 150 cm³/mol. The molecule has 2 aliphatic heterocycles. The number of nitrogens with one attached hydrogen (secondary N) is 2. The van der Waals surface area contributed by atoms with Crippen molar-refractivity contribution in [2.24, 2.45) is 0 Å². The number of hydrogen-bond acceptors (Lipinski definition) is 5. The highest BCUT2D eigenvalue weighted by atomic mass is 19.1. The van der Waals surface area contributed by atoms with Crippen LogP contribution in [0.1, 0.15) is 17.5 Å². The Morgan fingerprint density at radius 1 is 1.00 bits per heavy atom. The van der Waals surface area contributed by atoms with Crippen molar-refractivity contribution in [3.05, 3.63) is 89.7 Å². The molecule has 196 valence electrons. The van der Waals surface area contributed by atoms with Crippen molar-refractivity contribution in [2.45, 2.75) is 6.42 Å². The van der Waals surface area contributed by atoms with Crippen molar-refractivity contribution in [1.29, 1.82) is 0 Å². The van der Waals surface area contributed by atoms with Gasteiger partial charge >= 0.3 is 0 Å². The number of hydrogen-bond donors (Lipinski definition) is 2. The van der Waals surface area contributed by atoms with E-state index in [2.05, 4.69) is 27.5 Å². The lowest BCUT2D eigenvalue weighted by molar-refractivity contribution is -0.119. The molecule has 5 rings (SSSR count). The largest absolute Gasteiger partial charge is 0.354 e. The van der Waals surface area contributed by atoms with Gasteiger partial charge in [0.25, 0.3) is 5.91 Å². The summed E-state index contributed by atoms with van der Waals surface area (Å²) in [7, 11) is 3.91. The minimum Gasteiger partial charge on any atom is -0.354 e.